The van der Waals surface area contributed by atoms with Gasteiger partial charge in [-0.15, -0.1) is 0 Å². The maximum absolute atomic E-state index is 12.6. The number of carbonyl (C=O) groups is 1. The highest BCUT2D eigenvalue weighted by Crippen LogP contribution is 2.29. The van der Waals surface area contributed by atoms with E-state index in [-0.39, 0.29) is 5.91 Å². The SMILES string of the molecule is COCCCNc1ccc(NC(=O)c2c(OC)cccc2OC)cc1. The lowest BCUT2D eigenvalue weighted by molar-refractivity contribution is 0.102. The van der Waals surface area contributed by atoms with E-state index in [0.29, 0.717) is 22.7 Å². The Labute approximate surface area is 148 Å². The van der Waals surface area contributed by atoms with E-state index in [1.54, 1.807) is 25.3 Å². The first-order valence-corrected chi connectivity index (χ1v) is 8.04. The summed E-state index contributed by atoms with van der Waals surface area (Å²) in [5.74, 6) is 0.650. The normalized spacial score (nSPS) is 10.2. The van der Waals surface area contributed by atoms with Gasteiger partial charge in [-0.05, 0) is 42.8 Å². The van der Waals surface area contributed by atoms with Crippen LogP contribution in [0.15, 0.2) is 42.5 Å². The molecule has 0 fully saturated rings. The number of benzene rings is 2. The minimum Gasteiger partial charge on any atom is -0.496 e. The number of amides is 1. The van der Waals surface area contributed by atoms with Gasteiger partial charge in [0.15, 0.2) is 0 Å². The molecule has 0 unspecified atom stereocenters. The molecule has 2 aromatic rings. The molecule has 6 nitrogen and oxygen atoms in total. The van der Waals surface area contributed by atoms with Crippen LogP contribution in [0.3, 0.4) is 0 Å². The molecule has 0 radical (unpaired) electrons. The standard InChI is InChI=1S/C19H24N2O4/c1-23-13-5-12-20-14-8-10-15(11-9-14)21-19(22)18-16(24-2)6-4-7-17(18)25-3/h4,6-11,20H,5,12-13H2,1-3H3,(H,21,22). The van der Waals surface area contributed by atoms with E-state index < -0.39 is 0 Å². The van der Waals surface area contributed by atoms with E-state index in [4.69, 9.17) is 14.2 Å². The first-order chi connectivity index (χ1) is 12.2. The summed E-state index contributed by atoms with van der Waals surface area (Å²) in [5.41, 5.74) is 2.05. The number of hydrogen-bond acceptors (Lipinski definition) is 5. The van der Waals surface area contributed by atoms with Crippen LogP contribution in [0.1, 0.15) is 16.8 Å². The summed E-state index contributed by atoms with van der Waals surface area (Å²) in [5, 5.41) is 6.16. The minimum absolute atomic E-state index is 0.282. The highest BCUT2D eigenvalue weighted by atomic mass is 16.5. The van der Waals surface area contributed by atoms with Gasteiger partial charge < -0.3 is 24.8 Å². The van der Waals surface area contributed by atoms with Crippen molar-refractivity contribution in [3.8, 4) is 11.5 Å². The molecule has 2 aromatic carbocycles. The van der Waals surface area contributed by atoms with Gasteiger partial charge in [0, 0.05) is 31.6 Å². The van der Waals surface area contributed by atoms with Gasteiger partial charge in [0.05, 0.1) is 14.2 Å². The van der Waals surface area contributed by atoms with Gasteiger partial charge >= 0.3 is 0 Å². The van der Waals surface area contributed by atoms with E-state index >= 15 is 0 Å². The third kappa shape index (κ3) is 5.12. The van der Waals surface area contributed by atoms with Crippen molar-refractivity contribution in [1.82, 2.24) is 0 Å². The van der Waals surface area contributed by atoms with Crippen molar-refractivity contribution >= 4 is 17.3 Å². The quantitative estimate of drug-likeness (QED) is 0.682. The first kappa shape index (κ1) is 18.6. The molecule has 0 aliphatic heterocycles. The summed E-state index contributed by atoms with van der Waals surface area (Å²) in [4.78, 5) is 12.6. The van der Waals surface area contributed by atoms with E-state index in [1.165, 1.54) is 14.2 Å². The topological polar surface area (TPSA) is 68.8 Å². The number of methoxy groups -OCH3 is 3. The second-order valence-corrected chi connectivity index (χ2v) is 5.34. The summed E-state index contributed by atoms with van der Waals surface area (Å²) in [7, 11) is 4.74. The van der Waals surface area contributed by atoms with Gasteiger partial charge in [-0.1, -0.05) is 6.07 Å². The molecule has 134 valence electrons. The largest absolute Gasteiger partial charge is 0.496 e. The van der Waals surface area contributed by atoms with Crippen molar-refractivity contribution in [1.29, 1.82) is 0 Å². The summed E-state index contributed by atoms with van der Waals surface area (Å²) >= 11 is 0. The molecule has 6 heteroatoms. The Morgan fingerprint density at radius 3 is 2.08 bits per heavy atom. The van der Waals surface area contributed by atoms with Crippen LogP contribution < -0.4 is 20.1 Å². The van der Waals surface area contributed by atoms with E-state index in [0.717, 1.165) is 25.3 Å². The molecule has 2 N–H and O–H groups in total. The van der Waals surface area contributed by atoms with Crippen LogP contribution in [0, 0.1) is 0 Å². The maximum Gasteiger partial charge on any atom is 0.263 e. The second kappa shape index (κ2) is 9.54. The molecule has 1 amide bonds. The molecule has 0 aliphatic rings. The fourth-order valence-corrected chi connectivity index (χ4v) is 2.39. The van der Waals surface area contributed by atoms with Crippen LogP contribution in [0.5, 0.6) is 11.5 Å². The van der Waals surface area contributed by atoms with Crippen molar-refractivity contribution in [2.45, 2.75) is 6.42 Å². The molecule has 2 rings (SSSR count). The third-order valence-electron chi connectivity index (χ3n) is 3.65. The summed E-state index contributed by atoms with van der Waals surface area (Å²) in [6.45, 7) is 1.56. The molecule has 0 saturated heterocycles. The van der Waals surface area contributed by atoms with Crippen LogP contribution in [-0.4, -0.2) is 40.4 Å². The molecule has 0 heterocycles. The monoisotopic (exact) mass is 344 g/mol. The lowest BCUT2D eigenvalue weighted by atomic mass is 10.1. The molecule has 0 aromatic heterocycles. The van der Waals surface area contributed by atoms with Gasteiger partial charge in [-0.25, -0.2) is 0 Å². The number of nitrogens with one attached hydrogen (secondary N) is 2. The lowest BCUT2D eigenvalue weighted by Gasteiger charge is -2.13. The molecule has 25 heavy (non-hydrogen) atoms. The molecule has 0 atom stereocenters. The zero-order valence-corrected chi connectivity index (χ0v) is 14.8. The van der Waals surface area contributed by atoms with Crippen molar-refractivity contribution in [2.75, 3.05) is 45.1 Å². The van der Waals surface area contributed by atoms with Gasteiger partial charge in [0.1, 0.15) is 17.1 Å². The van der Waals surface area contributed by atoms with Crippen LogP contribution in [0.2, 0.25) is 0 Å². The summed E-state index contributed by atoms with van der Waals surface area (Å²) < 4.78 is 15.6. The molecule has 0 saturated carbocycles. The van der Waals surface area contributed by atoms with Crippen LogP contribution in [0.4, 0.5) is 11.4 Å². The Balaban J connectivity index is 2.04. The van der Waals surface area contributed by atoms with Crippen LogP contribution >= 0.6 is 0 Å². The number of rotatable bonds is 9. The molecule has 0 bridgehead atoms. The predicted octanol–water partition coefficient (Wildman–Crippen LogP) is 3.40. The van der Waals surface area contributed by atoms with Gasteiger partial charge in [-0.2, -0.15) is 0 Å². The predicted molar refractivity (Wildman–Crippen MR) is 98.9 cm³/mol. The van der Waals surface area contributed by atoms with Gasteiger partial charge in [0.25, 0.3) is 5.91 Å². The second-order valence-electron chi connectivity index (χ2n) is 5.34. The minimum atomic E-state index is -0.282. The Morgan fingerprint density at radius 2 is 1.52 bits per heavy atom. The van der Waals surface area contributed by atoms with Gasteiger partial charge in [-0.3, -0.25) is 4.79 Å². The smallest absolute Gasteiger partial charge is 0.263 e. The van der Waals surface area contributed by atoms with E-state index in [1.807, 2.05) is 24.3 Å². The Kier molecular flexibility index (Phi) is 7.10. The highest BCUT2D eigenvalue weighted by Gasteiger charge is 2.18. The third-order valence-corrected chi connectivity index (χ3v) is 3.65. The lowest BCUT2D eigenvalue weighted by Crippen LogP contribution is -2.14. The Hall–Kier alpha value is -2.73. The number of anilines is 2. The van der Waals surface area contributed by atoms with E-state index in [2.05, 4.69) is 10.6 Å². The molecular weight excluding hydrogens is 320 g/mol. The highest BCUT2D eigenvalue weighted by molar-refractivity contribution is 6.08. The van der Waals surface area contributed by atoms with Crippen LogP contribution in [-0.2, 0) is 4.74 Å². The van der Waals surface area contributed by atoms with Crippen molar-refractivity contribution in [2.24, 2.45) is 0 Å². The van der Waals surface area contributed by atoms with Crippen molar-refractivity contribution in [3.05, 3.63) is 48.0 Å². The summed E-state index contributed by atoms with van der Waals surface area (Å²) in [6.07, 6.45) is 0.933. The van der Waals surface area contributed by atoms with Crippen molar-refractivity contribution in [3.63, 3.8) is 0 Å². The average molecular weight is 344 g/mol. The molecular formula is C19H24N2O4. The Bertz CT molecular complexity index is 664. The Morgan fingerprint density at radius 1 is 0.920 bits per heavy atom. The number of ether oxygens (including phenoxy) is 3. The fraction of sp³-hybridized carbons (Fsp3) is 0.316. The molecule has 0 aliphatic carbocycles. The maximum atomic E-state index is 12.6. The zero-order valence-electron chi connectivity index (χ0n) is 14.8. The van der Waals surface area contributed by atoms with E-state index in [9.17, 15) is 4.79 Å². The average Bonchev–Trinajstić information content (AvgIpc) is 2.65. The zero-order chi connectivity index (χ0) is 18.1. The summed E-state index contributed by atoms with van der Waals surface area (Å²) in [6, 6.07) is 12.8. The van der Waals surface area contributed by atoms with Gasteiger partial charge in [0.2, 0.25) is 0 Å². The van der Waals surface area contributed by atoms with Crippen molar-refractivity contribution < 1.29 is 19.0 Å². The van der Waals surface area contributed by atoms with Crippen LogP contribution in [0.25, 0.3) is 0 Å². The first-order valence-electron chi connectivity index (χ1n) is 8.04. The fourth-order valence-electron chi connectivity index (χ4n) is 2.39. The molecule has 0 spiro atoms. The number of carbonyl (C=O) groups excluding carboxylic acids is 1. The number of hydrogen-bond donors (Lipinski definition) is 2.